The molecule has 2 N–H and O–H groups in total. The lowest BCUT2D eigenvalue weighted by Gasteiger charge is -2.37. The van der Waals surface area contributed by atoms with Gasteiger partial charge < -0.3 is 5.73 Å². The molecule has 1 aliphatic carbocycles. The Hall–Kier alpha value is -0.510. The van der Waals surface area contributed by atoms with Crippen LogP contribution in [0.2, 0.25) is 0 Å². The molecule has 18 heavy (non-hydrogen) atoms. The lowest BCUT2D eigenvalue weighted by molar-refractivity contribution is -0.122. The maximum atomic E-state index is 11.4. The van der Waals surface area contributed by atoms with Crippen molar-refractivity contribution in [1.82, 2.24) is 4.90 Å². The van der Waals surface area contributed by atoms with Crippen LogP contribution < -0.4 is 5.73 Å². The summed E-state index contributed by atoms with van der Waals surface area (Å²) in [7, 11) is 0. The van der Waals surface area contributed by atoms with E-state index in [4.69, 9.17) is 28.9 Å². The maximum Gasteiger partial charge on any atom is 0.221 e. The number of hydrogen-bond acceptors (Lipinski definition) is 2. The van der Waals surface area contributed by atoms with Crippen molar-refractivity contribution >= 4 is 29.1 Å². The van der Waals surface area contributed by atoms with Crippen molar-refractivity contribution in [2.45, 2.75) is 29.6 Å². The zero-order valence-corrected chi connectivity index (χ0v) is 11.7. The first-order chi connectivity index (χ1) is 8.50. The summed E-state index contributed by atoms with van der Waals surface area (Å²) in [6.07, 6.45) is 10.5. The minimum Gasteiger partial charge on any atom is -0.369 e. The minimum absolute atomic E-state index is 0.0919. The van der Waals surface area contributed by atoms with E-state index >= 15 is 0 Å². The first-order valence-corrected chi connectivity index (χ1v) is 7.03. The second kappa shape index (κ2) is 5.64. The van der Waals surface area contributed by atoms with E-state index in [9.17, 15) is 4.79 Å². The van der Waals surface area contributed by atoms with Gasteiger partial charge in [0.15, 0.2) is 4.33 Å². The Kier molecular flexibility index (Phi) is 4.36. The summed E-state index contributed by atoms with van der Waals surface area (Å²) in [5.74, 6) is -0.331. The van der Waals surface area contributed by atoms with Gasteiger partial charge in [-0.2, -0.15) is 0 Å². The van der Waals surface area contributed by atoms with Crippen molar-refractivity contribution in [3.05, 3.63) is 24.3 Å². The fraction of sp³-hybridized carbons (Fsp3) is 0.615. The third-order valence-electron chi connectivity index (χ3n) is 3.62. The third-order valence-corrected chi connectivity index (χ3v) is 4.31. The number of allylic oxidation sites excluding steroid dienone is 2. The maximum absolute atomic E-state index is 11.4. The summed E-state index contributed by atoms with van der Waals surface area (Å²) in [6.45, 7) is 1.53. The zero-order chi connectivity index (χ0) is 13.2. The summed E-state index contributed by atoms with van der Waals surface area (Å²) in [6, 6.07) is -0.0919. The standard InChI is InChI=1S/C13H18Cl2N2O/c14-13(15)7-3-1-6-11(13)17-8-4-2-5-10(9-17)12(16)18/h1,3,6-7,10-11H,2,4-5,8-9H2,(H2,16,18). The van der Waals surface area contributed by atoms with Gasteiger partial charge in [-0.05, 0) is 25.5 Å². The molecule has 0 aromatic carbocycles. The molecule has 100 valence electrons. The van der Waals surface area contributed by atoms with Crippen LogP contribution in [0.5, 0.6) is 0 Å². The number of hydrogen-bond donors (Lipinski definition) is 1. The average Bonchev–Trinajstić information content (AvgIpc) is 2.54. The number of nitrogens with zero attached hydrogens (tertiary/aromatic N) is 1. The van der Waals surface area contributed by atoms with Gasteiger partial charge in [-0.1, -0.05) is 47.9 Å². The van der Waals surface area contributed by atoms with Crippen LogP contribution in [0.3, 0.4) is 0 Å². The lowest BCUT2D eigenvalue weighted by atomic mass is 10.0. The van der Waals surface area contributed by atoms with Gasteiger partial charge in [0.25, 0.3) is 0 Å². The second-order valence-corrected chi connectivity index (χ2v) is 6.40. The first-order valence-electron chi connectivity index (χ1n) is 6.28. The van der Waals surface area contributed by atoms with E-state index in [0.29, 0.717) is 6.54 Å². The van der Waals surface area contributed by atoms with Gasteiger partial charge in [0, 0.05) is 6.54 Å². The molecule has 2 rings (SSSR count). The van der Waals surface area contributed by atoms with E-state index in [1.165, 1.54) is 0 Å². The van der Waals surface area contributed by atoms with Crippen molar-refractivity contribution in [3.63, 3.8) is 0 Å². The number of nitrogens with two attached hydrogens (primary N) is 1. The fourth-order valence-electron chi connectivity index (χ4n) is 2.60. The van der Waals surface area contributed by atoms with Crippen LogP contribution in [0, 0.1) is 5.92 Å². The lowest BCUT2D eigenvalue weighted by Crippen LogP contribution is -2.48. The Labute approximate surface area is 118 Å². The highest BCUT2D eigenvalue weighted by Crippen LogP contribution is 2.35. The summed E-state index contributed by atoms with van der Waals surface area (Å²) in [5.41, 5.74) is 5.43. The van der Waals surface area contributed by atoms with E-state index in [1.54, 1.807) is 6.08 Å². The van der Waals surface area contributed by atoms with Crippen LogP contribution in [0.25, 0.3) is 0 Å². The Morgan fingerprint density at radius 3 is 2.78 bits per heavy atom. The number of amides is 1. The highest BCUT2D eigenvalue weighted by Gasteiger charge is 2.38. The van der Waals surface area contributed by atoms with Crippen LogP contribution in [-0.4, -0.2) is 34.3 Å². The van der Waals surface area contributed by atoms with Gasteiger partial charge in [-0.3, -0.25) is 9.69 Å². The number of alkyl halides is 2. The van der Waals surface area contributed by atoms with Gasteiger partial charge in [-0.25, -0.2) is 0 Å². The molecule has 0 aromatic heterocycles. The molecule has 1 saturated heterocycles. The highest BCUT2D eigenvalue weighted by atomic mass is 35.5. The molecule has 5 heteroatoms. The monoisotopic (exact) mass is 288 g/mol. The highest BCUT2D eigenvalue weighted by molar-refractivity contribution is 6.50. The van der Waals surface area contributed by atoms with Crippen LogP contribution in [-0.2, 0) is 4.79 Å². The molecule has 1 aliphatic heterocycles. The van der Waals surface area contributed by atoms with Crippen molar-refractivity contribution in [1.29, 1.82) is 0 Å². The van der Waals surface area contributed by atoms with Gasteiger partial charge in [0.1, 0.15) is 0 Å². The van der Waals surface area contributed by atoms with E-state index in [-0.39, 0.29) is 17.9 Å². The minimum atomic E-state index is -0.929. The molecular formula is C13H18Cl2N2O. The third kappa shape index (κ3) is 3.08. The fourth-order valence-corrected chi connectivity index (χ4v) is 3.17. The number of rotatable bonds is 2. The van der Waals surface area contributed by atoms with Gasteiger partial charge in [0.05, 0.1) is 12.0 Å². The van der Waals surface area contributed by atoms with Crippen molar-refractivity contribution in [2.75, 3.05) is 13.1 Å². The molecule has 0 saturated carbocycles. The van der Waals surface area contributed by atoms with Crippen LogP contribution >= 0.6 is 23.2 Å². The van der Waals surface area contributed by atoms with Gasteiger partial charge >= 0.3 is 0 Å². The molecule has 0 radical (unpaired) electrons. The number of primary amides is 1. The molecule has 0 bridgehead atoms. The number of halogens is 2. The Morgan fingerprint density at radius 2 is 2.11 bits per heavy atom. The molecule has 1 heterocycles. The van der Waals surface area contributed by atoms with Crippen LogP contribution in [0.4, 0.5) is 0 Å². The largest absolute Gasteiger partial charge is 0.369 e. The van der Waals surface area contributed by atoms with Gasteiger partial charge in [-0.15, -0.1) is 0 Å². The predicted molar refractivity (Wildman–Crippen MR) is 74.6 cm³/mol. The summed E-state index contributed by atoms with van der Waals surface area (Å²) in [4.78, 5) is 13.6. The smallest absolute Gasteiger partial charge is 0.221 e. The SMILES string of the molecule is NC(=O)C1CCCCN(C2C=CC=CC2(Cl)Cl)C1. The Bertz CT molecular complexity index is 379. The van der Waals surface area contributed by atoms with Crippen molar-refractivity contribution in [3.8, 4) is 0 Å². The Morgan fingerprint density at radius 1 is 1.33 bits per heavy atom. The van der Waals surface area contributed by atoms with Crippen LogP contribution in [0.15, 0.2) is 24.3 Å². The summed E-state index contributed by atoms with van der Waals surface area (Å²) < 4.78 is -0.929. The molecule has 1 amide bonds. The van der Waals surface area contributed by atoms with E-state index in [1.807, 2.05) is 18.2 Å². The molecule has 0 spiro atoms. The molecule has 3 nitrogen and oxygen atoms in total. The molecule has 1 fully saturated rings. The number of likely N-dealkylation sites (tertiary alicyclic amines) is 1. The molecule has 2 aliphatic rings. The molecule has 2 unspecified atom stereocenters. The van der Waals surface area contributed by atoms with E-state index in [0.717, 1.165) is 25.8 Å². The molecule has 0 aromatic rings. The normalized spacial score (nSPS) is 32.1. The van der Waals surface area contributed by atoms with Gasteiger partial charge in [0.2, 0.25) is 5.91 Å². The predicted octanol–water partition coefficient (Wildman–Crippen LogP) is 2.24. The van der Waals surface area contributed by atoms with Crippen LogP contribution in [0.1, 0.15) is 19.3 Å². The second-order valence-electron chi connectivity index (χ2n) is 4.95. The van der Waals surface area contributed by atoms with E-state index < -0.39 is 4.33 Å². The quantitative estimate of drug-likeness (QED) is 0.792. The molecular weight excluding hydrogens is 271 g/mol. The van der Waals surface area contributed by atoms with E-state index in [2.05, 4.69) is 4.90 Å². The number of carbonyl (C=O) groups is 1. The summed E-state index contributed by atoms with van der Waals surface area (Å²) >= 11 is 12.6. The zero-order valence-electron chi connectivity index (χ0n) is 10.2. The average molecular weight is 289 g/mol. The number of carbonyl (C=O) groups excluding carboxylic acids is 1. The van der Waals surface area contributed by atoms with Crippen molar-refractivity contribution in [2.24, 2.45) is 11.7 Å². The Balaban J connectivity index is 2.13. The topological polar surface area (TPSA) is 46.3 Å². The molecule has 2 atom stereocenters. The first kappa shape index (κ1) is 13.9. The van der Waals surface area contributed by atoms with Crippen molar-refractivity contribution < 1.29 is 4.79 Å². The summed E-state index contributed by atoms with van der Waals surface area (Å²) in [5, 5.41) is 0.